The molecule has 3 aromatic rings. The molecule has 0 saturated heterocycles. The molecule has 0 aliphatic heterocycles. The lowest BCUT2D eigenvalue weighted by Gasteiger charge is -2.09. The van der Waals surface area contributed by atoms with Crippen LogP contribution < -0.4 is 5.63 Å². The number of hydrogen-bond donors (Lipinski definition) is 1. The van der Waals surface area contributed by atoms with Crippen molar-refractivity contribution in [1.29, 1.82) is 0 Å². The Morgan fingerprint density at radius 1 is 1.23 bits per heavy atom. The van der Waals surface area contributed by atoms with Crippen LogP contribution in [0.3, 0.4) is 0 Å². The fourth-order valence-corrected chi connectivity index (χ4v) is 4.35. The zero-order valence-corrected chi connectivity index (χ0v) is 15.4. The SMILES string of the molecule is O=c1cc(CSc2nnc(C3CC3)n2C2CC2)c2cc(Cl)c(O)cc2o1. The van der Waals surface area contributed by atoms with E-state index in [9.17, 15) is 9.90 Å². The molecule has 2 saturated carbocycles. The minimum Gasteiger partial charge on any atom is -0.506 e. The largest absolute Gasteiger partial charge is 0.506 e. The fraction of sp³-hybridized carbons (Fsp3) is 0.389. The van der Waals surface area contributed by atoms with E-state index in [1.807, 2.05) is 0 Å². The van der Waals surface area contributed by atoms with Crippen LogP contribution in [0.4, 0.5) is 0 Å². The molecule has 1 N–H and O–H groups in total. The molecule has 6 nitrogen and oxygen atoms in total. The molecule has 2 aliphatic carbocycles. The maximum Gasteiger partial charge on any atom is 0.336 e. The van der Waals surface area contributed by atoms with Crippen molar-refractivity contribution in [3.05, 3.63) is 45.0 Å². The molecule has 8 heteroatoms. The summed E-state index contributed by atoms with van der Waals surface area (Å²) in [5.74, 6) is 2.12. The summed E-state index contributed by atoms with van der Waals surface area (Å²) in [5, 5.41) is 20.4. The monoisotopic (exact) mass is 389 g/mol. The van der Waals surface area contributed by atoms with Crippen LogP contribution in [0.5, 0.6) is 5.75 Å². The third-order valence-electron chi connectivity index (χ3n) is 4.80. The molecule has 2 fully saturated rings. The second-order valence-electron chi connectivity index (χ2n) is 6.90. The molecule has 1 aromatic carbocycles. The van der Waals surface area contributed by atoms with E-state index in [2.05, 4.69) is 14.8 Å². The number of phenolic OH excluding ortho intramolecular Hbond substituents is 1. The summed E-state index contributed by atoms with van der Waals surface area (Å²) in [6.45, 7) is 0. The van der Waals surface area contributed by atoms with Gasteiger partial charge in [0.2, 0.25) is 0 Å². The van der Waals surface area contributed by atoms with Gasteiger partial charge in [-0.3, -0.25) is 0 Å². The van der Waals surface area contributed by atoms with Gasteiger partial charge in [0.1, 0.15) is 17.2 Å². The maximum atomic E-state index is 11.9. The van der Waals surface area contributed by atoms with E-state index >= 15 is 0 Å². The van der Waals surface area contributed by atoms with Crippen LogP contribution in [0, 0.1) is 0 Å². The van der Waals surface area contributed by atoms with E-state index in [1.54, 1.807) is 17.8 Å². The Balaban J connectivity index is 1.49. The van der Waals surface area contributed by atoms with E-state index in [-0.39, 0.29) is 10.8 Å². The number of hydrogen-bond acceptors (Lipinski definition) is 6. The third-order valence-corrected chi connectivity index (χ3v) is 6.09. The second-order valence-corrected chi connectivity index (χ2v) is 8.25. The fourth-order valence-electron chi connectivity index (χ4n) is 3.18. The highest BCUT2D eigenvalue weighted by molar-refractivity contribution is 7.98. The molecule has 2 aromatic heterocycles. The Hall–Kier alpha value is -1.99. The Morgan fingerprint density at radius 2 is 2.04 bits per heavy atom. The van der Waals surface area contributed by atoms with Crippen molar-refractivity contribution in [2.45, 2.75) is 48.6 Å². The first-order chi connectivity index (χ1) is 12.6. The number of halogens is 1. The summed E-state index contributed by atoms with van der Waals surface area (Å²) in [5.41, 5.74) is 0.691. The molecule has 0 amide bonds. The van der Waals surface area contributed by atoms with Gasteiger partial charge >= 0.3 is 5.63 Å². The Morgan fingerprint density at radius 3 is 2.77 bits per heavy atom. The van der Waals surface area contributed by atoms with E-state index < -0.39 is 5.63 Å². The summed E-state index contributed by atoms with van der Waals surface area (Å²) < 4.78 is 7.48. The first-order valence-corrected chi connectivity index (χ1v) is 9.99. The number of benzene rings is 1. The highest BCUT2D eigenvalue weighted by Crippen LogP contribution is 2.46. The van der Waals surface area contributed by atoms with Gasteiger partial charge in [-0.15, -0.1) is 10.2 Å². The zero-order valence-electron chi connectivity index (χ0n) is 13.8. The summed E-state index contributed by atoms with van der Waals surface area (Å²) in [6.07, 6.45) is 4.75. The van der Waals surface area contributed by atoms with E-state index in [0.717, 1.165) is 21.9 Å². The van der Waals surface area contributed by atoms with Crippen molar-refractivity contribution in [2.75, 3.05) is 0 Å². The van der Waals surface area contributed by atoms with Crippen LogP contribution >= 0.6 is 23.4 Å². The van der Waals surface area contributed by atoms with E-state index in [4.69, 9.17) is 16.0 Å². The van der Waals surface area contributed by atoms with Crippen molar-refractivity contribution in [3.8, 4) is 5.75 Å². The summed E-state index contributed by atoms with van der Waals surface area (Å²) in [4.78, 5) is 11.9. The highest BCUT2D eigenvalue weighted by Gasteiger charge is 2.36. The van der Waals surface area contributed by atoms with Gasteiger partial charge in [0.15, 0.2) is 5.16 Å². The number of rotatable bonds is 5. The zero-order chi connectivity index (χ0) is 17.8. The summed E-state index contributed by atoms with van der Waals surface area (Å²) in [6, 6.07) is 5.01. The van der Waals surface area contributed by atoms with Gasteiger partial charge in [0.25, 0.3) is 0 Å². The molecule has 5 rings (SSSR count). The molecule has 2 aliphatic rings. The number of aromatic nitrogens is 3. The molecule has 0 bridgehead atoms. The Kier molecular flexibility index (Phi) is 3.76. The maximum absolute atomic E-state index is 11.9. The smallest absolute Gasteiger partial charge is 0.336 e. The second kappa shape index (κ2) is 6.03. The van der Waals surface area contributed by atoms with E-state index in [0.29, 0.717) is 23.3 Å². The van der Waals surface area contributed by atoms with Crippen molar-refractivity contribution in [1.82, 2.24) is 14.8 Å². The standard InChI is InChI=1S/C18H16ClN3O3S/c19-13-6-12-10(5-16(24)25-15(12)7-14(13)23)8-26-18-21-20-17(9-1-2-9)22(18)11-3-4-11/h5-7,9,11,23H,1-4,8H2. The predicted molar refractivity (Wildman–Crippen MR) is 99.0 cm³/mol. The number of aromatic hydroxyl groups is 1. The average molecular weight is 390 g/mol. The molecule has 0 unspecified atom stereocenters. The van der Waals surface area contributed by atoms with Crippen LogP contribution in [0.1, 0.15) is 49.0 Å². The van der Waals surface area contributed by atoms with Gasteiger partial charge in [-0.25, -0.2) is 4.79 Å². The molecule has 0 radical (unpaired) electrons. The van der Waals surface area contributed by atoms with Gasteiger partial charge in [-0.1, -0.05) is 23.4 Å². The summed E-state index contributed by atoms with van der Waals surface area (Å²) in [7, 11) is 0. The predicted octanol–water partition coefficient (Wildman–Crippen LogP) is 4.25. The van der Waals surface area contributed by atoms with Gasteiger partial charge in [-0.05, 0) is 37.3 Å². The number of phenols is 1. The van der Waals surface area contributed by atoms with E-state index in [1.165, 1.54) is 37.8 Å². The van der Waals surface area contributed by atoms with Crippen LogP contribution in [-0.4, -0.2) is 19.9 Å². The normalized spacial score (nSPS) is 17.1. The van der Waals surface area contributed by atoms with Crippen molar-refractivity contribution < 1.29 is 9.52 Å². The quantitative estimate of drug-likeness (QED) is 0.519. The molecule has 134 valence electrons. The molecule has 2 heterocycles. The summed E-state index contributed by atoms with van der Waals surface area (Å²) >= 11 is 7.60. The number of nitrogens with zero attached hydrogens (tertiary/aromatic N) is 3. The van der Waals surface area contributed by atoms with Crippen molar-refractivity contribution in [2.24, 2.45) is 0 Å². The Bertz CT molecular complexity index is 1070. The lowest BCUT2D eigenvalue weighted by molar-refractivity contribution is 0.473. The van der Waals surface area contributed by atoms with Crippen LogP contribution in [-0.2, 0) is 5.75 Å². The lowest BCUT2D eigenvalue weighted by atomic mass is 10.1. The number of thioether (sulfide) groups is 1. The van der Waals surface area contributed by atoms with Gasteiger partial charge in [0.05, 0.1) is 5.02 Å². The lowest BCUT2D eigenvalue weighted by Crippen LogP contribution is -2.03. The average Bonchev–Trinajstić information content (AvgIpc) is 3.53. The van der Waals surface area contributed by atoms with Crippen LogP contribution in [0.15, 0.2) is 32.6 Å². The van der Waals surface area contributed by atoms with Gasteiger partial charge < -0.3 is 14.1 Å². The van der Waals surface area contributed by atoms with Crippen molar-refractivity contribution >= 4 is 34.3 Å². The van der Waals surface area contributed by atoms with Gasteiger partial charge in [-0.2, -0.15) is 0 Å². The molecule has 0 spiro atoms. The Labute approximate surface area is 158 Å². The minimum atomic E-state index is -0.447. The first-order valence-electron chi connectivity index (χ1n) is 8.63. The van der Waals surface area contributed by atoms with Crippen LogP contribution in [0.2, 0.25) is 5.02 Å². The third kappa shape index (κ3) is 2.89. The topological polar surface area (TPSA) is 81.2 Å². The molecular formula is C18H16ClN3O3S. The van der Waals surface area contributed by atoms with Gasteiger partial charge in [0, 0.05) is 35.2 Å². The number of fused-ring (bicyclic) bond motifs is 1. The van der Waals surface area contributed by atoms with Crippen LogP contribution in [0.25, 0.3) is 11.0 Å². The minimum absolute atomic E-state index is 0.102. The molecule has 0 atom stereocenters. The first kappa shape index (κ1) is 16.2. The highest BCUT2D eigenvalue weighted by atomic mass is 35.5. The van der Waals surface area contributed by atoms with Crippen molar-refractivity contribution in [3.63, 3.8) is 0 Å². The molecular weight excluding hydrogens is 374 g/mol. The molecule has 26 heavy (non-hydrogen) atoms.